The number of ketones is 1. The number of nitrogens with zero attached hydrogens (tertiary/aromatic N) is 2. The van der Waals surface area contributed by atoms with Crippen LogP contribution in [0.2, 0.25) is 0 Å². The highest BCUT2D eigenvalue weighted by atomic mass is 16.6. The molecule has 2 aromatic carbocycles. The Morgan fingerprint density at radius 3 is 2.73 bits per heavy atom. The normalized spacial score (nSPS) is 16.7. The summed E-state index contributed by atoms with van der Waals surface area (Å²) in [6.45, 7) is 0. The molecule has 0 amide bonds. The monoisotopic (exact) mass is 292 g/mol. The second-order valence-corrected chi connectivity index (χ2v) is 5.26. The number of hydrogen-bond donors (Lipinski definition) is 0. The van der Waals surface area contributed by atoms with Crippen molar-refractivity contribution in [3.8, 4) is 6.07 Å². The minimum Gasteiger partial charge on any atom is -0.293 e. The molecule has 22 heavy (non-hydrogen) atoms. The van der Waals surface area contributed by atoms with Crippen LogP contribution in [0.1, 0.15) is 39.4 Å². The van der Waals surface area contributed by atoms with Crippen molar-refractivity contribution in [2.24, 2.45) is 0 Å². The summed E-state index contributed by atoms with van der Waals surface area (Å²) in [5, 5.41) is 20.0. The molecule has 0 heterocycles. The number of carbonyl (C=O) groups is 1. The fourth-order valence-electron chi connectivity index (χ4n) is 2.93. The highest BCUT2D eigenvalue weighted by molar-refractivity contribution is 6.03. The number of benzene rings is 2. The molecular weight excluding hydrogens is 280 g/mol. The van der Waals surface area contributed by atoms with Gasteiger partial charge in [0.05, 0.1) is 4.92 Å². The van der Waals surface area contributed by atoms with E-state index in [0.717, 1.165) is 12.0 Å². The number of aryl methyl sites for hydroxylation is 1. The number of fused-ring (bicyclic) bond motifs is 1. The van der Waals surface area contributed by atoms with Crippen LogP contribution in [0.25, 0.3) is 0 Å². The first-order valence-electron chi connectivity index (χ1n) is 6.92. The molecule has 0 spiro atoms. The molecule has 0 saturated heterocycles. The molecule has 3 rings (SSSR count). The molecule has 0 radical (unpaired) electrons. The summed E-state index contributed by atoms with van der Waals surface area (Å²) in [4.78, 5) is 22.9. The van der Waals surface area contributed by atoms with Crippen LogP contribution in [-0.4, -0.2) is 10.7 Å². The van der Waals surface area contributed by atoms with E-state index in [4.69, 9.17) is 5.26 Å². The van der Waals surface area contributed by atoms with Gasteiger partial charge in [-0.25, -0.2) is 0 Å². The molecule has 0 aromatic heterocycles. The molecule has 5 nitrogen and oxygen atoms in total. The Kier molecular flexibility index (Phi) is 3.43. The van der Waals surface area contributed by atoms with Gasteiger partial charge in [0.1, 0.15) is 11.6 Å². The van der Waals surface area contributed by atoms with E-state index in [1.54, 1.807) is 12.1 Å². The van der Waals surface area contributed by atoms with Crippen LogP contribution in [0.15, 0.2) is 42.5 Å². The van der Waals surface area contributed by atoms with Gasteiger partial charge in [-0.15, -0.1) is 0 Å². The lowest BCUT2D eigenvalue weighted by atomic mass is 9.79. The Hall–Kier alpha value is -3.00. The Balaban J connectivity index is 2.01. The molecular formula is C17H12N2O3. The zero-order valence-corrected chi connectivity index (χ0v) is 11.7. The summed E-state index contributed by atoms with van der Waals surface area (Å²) in [6.07, 6.45) is 1.43. The predicted octanol–water partition coefficient (Wildman–Crippen LogP) is 3.38. The summed E-state index contributed by atoms with van der Waals surface area (Å²) in [6, 6.07) is 13.7. The van der Waals surface area contributed by atoms with Crippen molar-refractivity contribution in [3.63, 3.8) is 0 Å². The van der Waals surface area contributed by atoms with Crippen LogP contribution in [0.4, 0.5) is 5.69 Å². The maximum atomic E-state index is 12.6. The minimum atomic E-state index is -0.583. The first-order valence-corrected chi connectivity index (χ1v) is 6.92. The summed E-state index contributed by atoms with van der Waals surface area (Å²) >= 11 is 0. The molecule has 0 unspecified atom stereocenters. The quantitative estimate of drug-likeness (QED) is 0.627. The van der Waals surface area contributed by atoms with Crippen molar-refractivity contribution in [1.82, 2.24) is 0 Å². The van der Waals surface area contributed by atoms with Gasteiger partial charge in [-0.05, 0) is 30.0 Å². The second-order valence-electron chi connectivity index (χ2n) is 5.26. The molecule has 1 atom stereocenters. The Morgan fingerprint density at radius 2 is 2.00 bits per heavy atom. The van der Waals surface area contributed by atoms with E-state index < -0.39 is 4.92 Å². The molecule has 0 N–H and O–H groups in total. The average molecular weight is 292 g/mol. The van der Waals surface area contributed by atoms with Crippen LogP contribution in [-0.2, 0) is 6.42 Å². The fraction of sp³-hybridized carbons (Fsp3) is 0.176. The summed E-state index contributed by atoms with van der Waals surface area (Å²) in [5.74, 6) is -0.331. The first kappa shape index (κ1) is 14.0. The van der Waals surface area contributed by atoms with Gasteiger partial charge in [0.25, 0.3) is 5.69 Å². The van der Waals surface area contributed by atoms with E-state index in [1.165, 1.54) is 12.1 Å². The lowest BCUT2D eigenvalue weighted by Gasteiger charge is -2.23. The molecule has 108 valence electrons. The molecule has 5 heteroatoms. The lowest BCUT2D eigenvalue weighted by Crippen LogP contribution is -2.21. The standard InChI is InChI=1S/C17H12N2O3/c18-10-13-9-12(6-8-16(13)19(21)22)15-7-5-11-3-1-2-4-14(11)17(15)20/h1-4,6,8-9,15H,5,7H2/t15-/m1/s1. The maximum Gasteiger partial charge on any atom is 0.287 e. The number of carbonyl (C=O) groups excluding carboxylic acids is 1. The Morgan fingerprint density at radius 1 is 1.23 bits per heavy atom. The van der Waals surface area contributed by atoms with Crippen molar-refractivity contribution in [3.05, 3.63) is 74.8 Å². The van der Waals surface area contributed by atoms with Crippen molar-refractivity contribution < 1.29 is 9.72 Å². The van der Waals surface area contributed by atoms with E-state index in [-0.39, 0.29) is 23.0 Å². The van der Waals surface area contributed by atoms with Crippen LogP contribution in [0, 0.1) is 21.4 Å². The van der Waals surface area contributed by atoms with Gasteiger partial charge >= 0.3 is 0 Å². The summed E-state index contributed by atoms with van der Waals surface area (Å²) in [5.41, 5.74) is 2.17. The largest absolute Gasteiger partial charge is 0.293 e. The van der Waals surface area contributed by atoms with Crippen LogP contribution >= 0.6 is 0 Å². The van der Waals surface area contributed by atoms with Crippen molar-refractivity contribution in [2.45, 2.75) is 18.8 Å². The third-order valence-corrected chi connectivity index (χ3v) is 4.04. The van der Waals surface area contributed by atoms with Crippen LogP contribution in [0.3, 0.4) is 0 Å². The minimum absolute atomic E-state index is 0.00541. The van der Waals surface area contributed by atoms with Gasteiger partial charge in [-0.1, -0.05) is 30.3 Å². The van der Waals surface area contributed by atoms with Crippen molar-refractivity contribution >= 4 is 11.5 Å². The number of rotatable bonds is 2. The maximum absolute atomic E-state index is 12.6. The molecule has 0 fully saturated rings. The van der Waals surface area contributed by atoms with Gasteiger partial charge in [0, 0.05) is 17.5 Å². The van der Waals surface area contributed by atoms with Crippen molar-refractivity contribution in [1.29, 1.82) is 5.26 Å². The first-order chi connectivity index (χ1) is 10.6. The van der Waals surface area contributed by atoms with Gasteiger partial charge in [-0.3, -0.25) is 14.9 Å². The Labute approximate surface area is 127 Å². The molecule has 1 aliphatic rings. The zero-order chi connectivity index (χ0) is 15.7. The van der Waals surface area contributed by atoms with E-state index >= 15 is 0 Å². The van der Waals surface area contributed by atoms with E-state index in [0.29, 0.717) is 17.5 Å². The second kappa shape index (κ2) is 5.41. The fourth-order valence-corrected chi connectivity index (χ4v) is 2.93. The smallest absolute Gasteiger partial charge is 0.287 e. The van der Waals surface area contributed by atoms with E-state index in [9.17, 15) is 14.9 Å². The van der Waals surface area contributed by atoms with Crippen molar-refractivity contribution in [2.75, 3.05) is 0 Å². The Bertz CT molecular complexity index is 821. The van der Waals surface area contributed by atoms with E-state index in [2.05, 4.69) is 0 Å². The number of Topliss-reactive ketones (excluding diaryl/α,β-unsaturated/α-hetero) is 1. The lowest BCUT2D eigenvalue weighted by molar-refractivity contribution is -0.385. The predicted molar refractivity (Wildman–Crippen MR) is 79.6 cm³/mol. The number of nitro groups is 1. The molecule has 2 aromatic rings. The molecule has 0 aliphatic heterocycles. The third-order valence-electron chi connectivity index (χ3n) is 4.04. The number of nitriles is 1. The highest BCUT2D eigenvalue weighted by Crippen LogP contribution is 2.34. The molecule has 0 bridgehead atoms. The average Bonchev–Trinajstić information content (AvgIpc) is 2.54. The molecule has 0 saturated carbocycles. The van der Waals surface area contributed by atoms with Gasteiger partial charge in [0.2, 0.25) is 0 Å². The zero-order valence-electron chi connectivity index (χ0n) is 11.7. The molecule has 1 aliphatic carbocycles. The third kappa shape index (κ3) is 2.25. The summed E-state index contributed by atoms with van der Waals surface area (Å²) < 4.78 is 0. The summed E-state index contributed by atoms with van der Waals surface area (Å²) in [7, 11) is 0. The topological polar surface area (TPSA) is 84.0 Å². The van der Waals surface area contributed by atoms with Gasteiger partial charge in [0.15, 0.2) is 5.78 Å². The highest BCUT2D eigenvalue weighted by Gasteiger charge is 2.29. The number of hydrogen-bond acceptors (Lipinski definition) is 4. The van der Waals surface area contributed by atoms with Gasteiger partial charge in [-0.2, -0.15) is 5.26 Å². The van der Waals surface area contributed by atoms with E-state index in [1.807, 2.05) is 24.3 Å². The van der Waals surface area contributed by atoms with Gasteiger partial charge < -0.3 is 0 Å². The SMILES string of the molecule is N#Cc1cc([C@H]2CCc3ccccc3C2=O)ccc1[N+](=O)[O-]. The van der Waals surface area contributed by atoms with Crippen LogP contribution < -0.4 is 0 Å². The number of nitro benzene ring substituents is 1. The van der Waals surface area contributed by atoms with Crippen LogP contribution in [0.5, 0.6) is 0 Å².